The van der Waals surface area contributed by atoms with Crippen LogP contribution in [-0.2, 0) is 16.0 Å². The lowest BCUT2D eigenvalue weighted by atomic mass is 10.1. The van der Waals surface area contributed by atoms with E-state index in [9.17, 15) is 12.3 Å². The summed E-state index contributed by atoms with van der Waals surface area (Å²) in [6.45, 7) is 1.95. The van der Waals surface area contributed by atoms with E-state index < -0.39 is 16.0 Å². The minimum absolute atomic E-state index is 0.0110. The number of hydrogen-bond donors (Lipinski definition) is 0. The smallest absolute Gasteiger partial charge is 0.309 e. The van der Waals surface area contributed by atoms with Crippen LogP contribution in [-0.4, -0.2) is 13.6 Å². The van der Waals surface area contributed by atoms with E-state index in [4.69, 9.17) is 4.52 Å². The summed E-state index contributed by atoms with van der Waals surface area (Å²) in [5.41, 5.74) is 2.38. The van der Waals surface area contributed by atoms with Gasteiger partial charge in [-0.15, -0.1) is 3.89 Å². The molecule has 4 nitrogen and oxygen atoms in total. The van der Waals surface area contributed by atoms with Gasteiger partial charge in [0, 0.05) is 11.6 Å². The molecule has 90 valence electrons. The van der Waals surface area contributed by atoms with E-state index in [2.05, 4.69) is 5.16 Å². The highest BCUT2D eigenvalue weighted by molar-refractivity contribution is 7.85. The van der Waals surface area contributed by atoms with Gasteiger partial charge in [0.2, 0.25) is 0 Å². The Bertz CT molecular complexity index is 616. The standard InChI is InChI=1S/C11H10FNO3S/c1-8-2-4-9(5-3-8)11-6-10(16-13-11)7-17(12,14)15/h2-6H,7H2,1H3. The van der Waals surface area contributed by atoms with Gasteiger partial charge in [-0.3, -0.25) is 0 Å². The van der Waals surface area contributed by atoms with E-state index in [-0.39, 0.29) is 5.76 Å². The summed E-state index contributed by atoms with van der Waals surface area (Å²) in [5, 5.41) is 3.69. The third kappa shape index (κ3) is 3.13. The van der Waals surface area contributed by atoms with E-state index in [0.717, 1.165) is 11.1 Å². The van der Waals surface area contributed by atoms with Gasteiger partial charge in [-0.2, -0.15) is 8.42 Å². The molecule has 0 unspecified atom stereocenters. The van der Waals surface area contributed by atoms with Gasteiger partial charge in [0.1, 0.15) is 11.4 Å². The predicted molar refractivity (Wildman–Crippen MR) is 60.4 cm³/mol. The van der Waals surface area contributed by atoms with Gasteiger partial charge in [0.15, 0.2) is 5.76 Å². The summed E-state index contributed by atoms with van der Waals surface area (Å²) in [5.74, 6) is -0.797. The number of hydrogen-bond acceptors (Lipinski definition) is 4. The summed E-state index contributed by atoms with van der Waals surface area (Å²) in [7, 11) is -4.59. The molecule has 1 heterocycles. The van der Waals surface area contributed by atoms with Crippen molar-refractivity contribution in [2.45, 2.75) is 12.7 Å². The zero-order valence-corrected chi connectivity index (χ0v) is 9.87. The molecule has 0 fully saturated rings. The summed E-state index contributed by atoms with van der Waals surface area (Å²) in [6.07, 6.45) is 0. The van der Waals surface area contributed by atoms with Crippen LogP contribution in [0.15, 0.2) is 34.9 Å². The van der Waals surface area contributed by atoms with Crippen LogP contribution in [0.1, 0.15) is 11.3 Å². The molecule has 1 aromatic heterocycles. The van der Waals surface area contributed by atoms with Gasteiger partial charge >= 0.3 is 10.2 Å². The van der Waals surface area contributed by atoms with Crippen molar-refractivity contribution in [3.05, 3.63) is 41.7 Å². The first-order valence-electron chi connectivity index (χ1n) is 4.89. The SMILES string of the molecule is Cc1ccc(-c2cc(CS(=O)(=O)F)on2)cc1. The molecule has 6 heteroatoms. The Kier molecular flexibility index (Phi) is 2.97. The first kappa shape index (κ1) is 11.8. The van der Waals surface area contributed by atoms with E-state index in [0.29, 0.717) is 5.69 Å². The lowest BCUT2D eigenvalue weighted by molar-refractivity contribution is 0.393. The molecule has 0 saturated carbocycles. The third-order valence-electron chi connectivity index (χ3n) is 2.22. The van der Waals surface area contributed by atoms with E-state index in [1.165, 1.54) is 6.07 Å². The molecule has 0 aliphatic heterocycles. The fourth-order valence-corrected chi connectivity index (χ4v) is 1.89. The summed E-state index contributed by atoms with van der Waals surface area (Å²) in [4.78, 5) is 0. The Morgan fingerprint density at radius 2 is 1.94 bits per heavy atom. The second-order valence-corrected chi connectivity index (χ2v) is 5.09. The minimum atomic E-state index is -4.59. The number of benzene rings is 1. The quantitative estimate of drug-likeness (QED) is 0.790. The maximum atomic E-state index is 12.4. The molecular weight excluding hydrogens is 245 g/mol. The van der Waals surface area contributed by atoms with E-state index in [1.54, 1.807) is 0 Å². The Balaban J connectivity index is 2.27. The summed E-state index contributed by atoms with van der Waals surface area (Å²) >= 11 is 0. The van der Waals surface area contributed by atoms with Gasteiger partial charge in [0.25, 0.3) is 0 Å². The maximum absolute atomic E-state index is 12.4. The number of aromatic nitrogens is 1. The maximum Gasteiger partial charge on any atom is 0.309 e. The van der Waals surface area contributed by atoms with Crippen molar-refractivity contribution >= 4 is 10.2 Å². The second kappa shape index (κ2) is 4.29. The Morgan fingerprint density at radius 3 is 2.53 bits per heavy atom. The second-order valence-electron chi connectivity index (χ2n) is 3.73. The van der Waals surface area contributed by atoms with E-state index >= 15 is 0 Å². The van der Waals surface area contributed by atoms with Crippen molar-refractivity contribution in [1.82, 2.24) is 5.16 Å². The average molecular weight is 255 g/mol. The molecule has 0 spiro atoms. The molecule has 0 bridgehead atoms. The van der Waals surface area contributed by atoms with Crippen molar-refractivity contribution < 1.29 is 16.8 Å². The molecular formula is C11H10FNO3S. The fraction of sp³-hybridized carbons (Fsp3) is 0.182. The van der Waals surface area contributed by atoms with Crippen LogP contribution in [0.2, 0.25) is 0 Å². The van der Waals surface area contributed by atoms with Crippen LogP contribution >= 0.6 is 0 Å². The molecule has 0 atom stereocenters. The Morgan fingerprint density at radius 1 is 1.29 bits per heavy atom. The molecule has 0 aliphatic carbocycles. The number of aryl methyl sites for hydroxylation is 1. The fourth-order valence-electron chi connectivity index (χ4n) is 1.41. The molecule has 0 saturated heterocycles. The molecule has 2 aromatic rings. The molecule has 0 radical (unpaired) electrons. The van der Waals surface area contributed by atoms with Crippen LogP contribution in [0.3, 0.4) is 0 Å². The zero-order chi connectivity index (χ0) is 12.5. The van der Waals surface area contributed by atoms with Crippen molar-refractivity contribution in [2.75, 3.05) is 0 Å². The minimum Gasteiger partial charge on any atom is -0.360 e. The number of nitrogens with zero attached hydrogens (tertiary/aromatic N) is 1. The molecule has 17 heavy (non-hydrogen) atoms. The van der Waals surface area contributed by atoms with Crippen LogP contribution in [0, 0.1) is 6.92 Å². The normalized spacial score (nSPS) is 11.6. The monoisotopic (exact) mass is 255 g/mol. The van der Waals surface area contributed by atoms with Crippen LogP contribution in [0.4, 0.5) is 3.89 Å². The lowest BCUT2D eigenvalue weighted by Crippen LogP contribution is -1.93. The van der Waals surface area contributed by atoms with Gasteiger partial charge in [0.05, 0.1) is 0 Å². The Hall–Kier alpha value is -1.69. The highest BCUT2D eigenvalue weighted by Gasteiger charge is 2.14. The topological polar surface area (TPSA) is 60.2 Å². The van der Waals surface area contributed by atoms with Gasteiger partial charge in [-0.05, 0) is 6.92 Å². The summed E-state index contributed by atoms with van der Waals surface area (Å²) in [6, 6.07) is 8.88. The van der Waals surface area contributed by atoms with E-state index in [1.807, 2.05) is 31.2 Å². The zero-order valence-electron chi connectivity index (χ0n) is 9.05. The van der Waals surface area contributed by atoms with Crippen molar-refractivity contribution in [3.8, 4) is 11.3 Å². The largest absolute Gasteiger partial charge is 0.360 e. The molecule has 0 aliphatic rings. The molecule has 2 rings (SSSR count). The highest BCUT2D eigenvalue weighted by Crippen LogP contribution is 2.20. The predicted octanol–water partition coefficient (Wildman–Crippen LogP) is 2.45. The molecule has 1 aromatic carbocycles. The van der Waals surface area contributed by atoms with Crippen LogP contribution in [0.5, 0.6) is 0 Å². The van der Waals surface area contributed by atoms with Gasteiger partial charge < -0.3 is 4.52 Å². The first-order chi connectivity index (χ1) is 7.94. The average Bonchev–Trinajstić information content (AvgIpc) is 2.64. The molecule has 0 N–H and O–H groups in total. The summed E-state index contributed by atoms with van der Waals surface area (Å²) < 4.78 is 38.1. The lowest BCUT2D eigenvalue weighted by Gasteiger charge is -1.95. The van der Waals surface area contributed by atoms with Crippen molar-refractivity contribution in [3.63, 3.8) is 0 Å². The number of rotatable bonds is 3. The number of halogens is 1. The van der Waals surface area contributed by atoms with Gasteiger partial charge in [-0.25, -0.2) is 0 Å². The van der Waals surface area contributed by atoms with Crippen molar-refractivity contribution in [1.29, 1.82) is 0 Å². The van der Waals surface area contributed by atoms with Gasteiger partial charge in [-0.1, -0.05) is 35.0 Å². The Labute approximate surface area is 98.3 Å². The first-order valence-corrected chi connectivity index (χ1v) is 6.44. The highest BCUT2D eigenvalue weighted by atomic mass is 32.3. The third-order valence-corrected chi connectivity index (χ3v) is 2.85. The molecule has 0 amide bonds. The van der Waals surface area contributed by atoms with Crippen LogP contribution < -0.4 is 0 Å². The van der Waals surface area contributed by atoms with Crippen LogP contribution in [0.25, 0.3) is 11.3 Å². The van der Waals surface area contributed by atoms with Crippen molar-refractivity contribution in [2.24, 2.45) is 0 Å².